The van der Waals surface area contributed by atoms with E-state index in [1.807, 2.05) is 0 Å². The molecule has 0 N–H and O–H groups in total. The molecular formula is C47H31N3. The predicted molar refractivity (Wildman–Crippen MR) is 209 cm³/mol. The quantitative estimate of drug-likeness (QED) is 0.184. The molecule has 50 heavy (non-hydrogen) atoms. The number of rotatable bonds is 5. The highest BCUT2D eigenvalue weighted by molar-refractivity contribution is 6.15. The third-order valence-electron chi connectivity index (χ3n) is 9.91. The summed E-state index contributed by atoms with van der Waals surface area (Å²) in [7, 11) is 0. The van der Waals surface area contributed by atoms with Crippen LogP contribution in [0, 0.1) is 0 Å². The van der Waals surface area contributed by atoms with Crippen molar-refractivity contribution in [1.82, 2.24) is 14.1 Å². The van der Waals surface area contributed by atoms with E-state index in [1.54, 1.807) is 0 Å². The van der Waals surface area contributed by atoms with E-state index in [4.69, 9.17) is 4.98 Å². The van der Waals surface area contributed by atoms with Crippen molar-refractivity contribution in [3.8, 4) is 45.0 Å². The Morgan fingerprint density at radius 3 is 1.66 bits per heavy atom. The molecule has 0 saturated carbocycles. The van der Waals surface area contributed by atoms with Gasteiger partial charge in [0.25, 0.3) is 0 Å². The number of para-hydroxylation sites is 4. The van der Waals surface area contributed by atoms with E-state index >= 15 is 0 Å². The van der Waals surface area contributed by atoms with Gasteiger partial charge in [-0.05, 0) is 65.2 Å². The molecular weight excluding hydrogens is 607 g/mol. The smallest absolute Gasteiger partial charge is 0.138 e. The Morgan fingerprint density at radius 1 is 0.340 bits per heavy atom. The van der Waals surface area contributed by atoms with Gasteiger partial charge >= 0.3 is 0 Å². The third kappa shape index (κ3) is 4.48. The van der Waals surface area contributed by atoms with Crippen LogP contribution in [0.25, 0.3) is 88.6 Å². The summed E-state index contributed by atoms with van der Waals surface area (Å²) >= 11 is 0. The molecule has 10 aromatic rings. The largest absolute Gasteiger partial charge is 0.309 e. The third-order valence-corrected chi connectivity index (χ3v) is 9.91. The molecule has 234 valence electrons. The van der Waals surface area contributed by atoms with E-state index in [-0.39, 0.29) is 0 Å². The van der Waals surface area contributed by atoms with Gasteiger partial charge in [-0.15, -0.1) is 0 Å². The number of pyridine rings is 1. The zero-order chi connectivity index (χ0) is 33.0. The molecule has 0 unspecified atom stereocenters. The Labute approximate surface area is 290 Å². The molecule has 0 saturated heterocycles. The molecule has 0 radical (unpaired) electrons. The maximum Gasteiger partial charge on any atom is 0.138 e. The highest BCUT2D eigenvalue weighted by atomic mass is 15.1. The van der Waals surface area contributed by atoms with Crippen LogP contribution in [0.2, 0.25) is 0 Å². The van der Waals surface area contributed by atoms with Crippen molar-refractivity contribution in [2.45, 2.75) is 0 Å². The molecule has 0 atom stereocenters. The van der Waals surface area contributed by atoms with Crippen molar-refractivity contribution < 1.29 is 0 Å². The average molecular weight is 638 g/mol. The monoisotopic (exact) mass is 637 g/mol. The number of aromatic nitrogens is 3. The van der Waals surface area contributed by atoms with E-state index < -0.39 is 0 Å². The van der Waals surface area contributed by atoms with Gasteiger partial charge in [0.2, 0.25) is 0 Å². The summed E-state index contributed by atoms with van der Waals surface area (Å²) in [5.41, 5.74) is 12.5. The minimum Gasteiger partial charge on any atom is -0.309 e. The van der Waals surface area contributed by atoms with Crippen molar-refractivity contribution >= 4 is 43.6 Å². The van der Waals surface area contributed by atoms with Gasteiger partial charge in [0.05, 0.1) is 27.8 Å². The van der Waals surface area contributed by atoms with Crippen LogP contribution < -0.4 is 0 Å². The predicted octanol–water partition coefficient (Wildman–Crippen LogP) is 12.3. The molecule has 0 bridgehead atoms. The van der Waals surface area contributed by atoms with Crippen LogP contribution in [0.5, 0.6) is 0 Å². The lowest BCUT2D eigenvalue weighted by Crippen LogP contribution is -2.01. The van der Waals surface area contributed by atoms with E-state index in [0.717, 1.165) is 44.9 Å². The number of fused-ring (bicyclic) bond motifs is 6. The molecule has 7 aromatic carbocycles. The average Bonchev–Trinajstić information content (AvgIpc) is 3.71. The first-order chi connectivity index (χ1) is 24.8. The molecule has 3 nitrogen and oxygen atoms in total. The molecule has 0 amide bonds. The maximum absolute atomic E-state index is 5.39. The Bertz CT molecular complexity index is 2790. The van der Waals surface area contributed by atoms with Gasteiger partial charge in [-0.3, -0.25) is 4.57 Å². The molecule has 0 spiro atoms. The number of nitrogens with zero attached hydrogens (tertiary/aromatic N) is 3. The second-order valence-electron chi connectivity index (χ2n) is 12.8. The van der Waals surface area contributed by atoms with Crippen LogP contribution in [0.1, 0.15) is 0 Å². The SMILES string of the molecule is c1ccc(-c2cc(-c3ccccc3)nc(-n3c4ccccc4c4cccc(-c5ccc6c(c5)c5ccccc5n6-c5ccccc5)c43)c2)cc1. The molecule has 0 aliphatic heterocycles. The lowest BCUT2D eigenvalue weighted by atomic mass is 9.99. The zero-order valence-electron chi connectivity index (χ0n) is 27.2. The van der Waals surface area contributed by atoms with E-state index in [2.05, 4.69) is 197 Å². The standard InChI is InChI=1S/C47H31N3/c1-4-15-32(16-5-1)35-30-42(33-17-6-2-7-18-33)48-46(31-35)50-44-26-13-10-21-38(44)40-24-14-23-37(47(40)50)34-27-28-45-41(29-34)39-22-11-12-25-43(39)49(45)36-19-8-3-9-20-36/h1-31H. The normalized spacial score (nSPS) is 11.6. The number of hydrogen-bond acceptors (Lipinski definition) is 1. The summed E-state index contributed by atoms with van der Waals surface area (Å²) in [5.74, 6) is 0.894. The summed E-state index contributed by atoms with van der Waals surface area (Å²) in [4.78, 5) is 5.39. The first kappa shape index (κ1) is 28.3. The zero-order valence-corrected chi connectivity index (χ0v) is 27.2. The van der Waals surface area contributed by atoms with Gasteiger partial charge in [0, 0.05) is 38.4 Å². The van der Waals surface area contributed by atoms with Gasteiger partial charge in [0.15, 0.2) is 0 Å². The molecule has 0 aliphatic rings. The lowest BCUT2D eigenvalue weighted by Gasteiger charge is -2.15. The molecule has 3 aromatic heterocycles. The fourth-order valence-electron chi connectivity index (χ4n) is 7.67. The minimum atomic E-state index is 0.894. The van der Waals surface area contributed by atoms with Crippen LogP contribution in [-0.4, -0.2) is 14.1 Å². The Kier molecular flexibility index (Phi) is 6.49. The summed E-state index contributed by atoms with van der Waals surface area (Å²) in [6.45, 7) is 0. The van der Waals surface area contributed by atoms with Crippen molar-refractivity contribution in [1.29, 1.82) is 0 Å². The second-order valence-corrected chi connectivity index (χ2v) is 12.8. The fraction of sp³-hybridized carbons (Fsp3) is 0. The Morgan fingerprint density at radius 2 is 0.920 bits per heavy atom. The van der Waals surface area contributed by atoms with Gasteiger partial charge in [0.1, 0.15) is 5.82 Å². The number of hydrogen-bond donors (Lipinski definition) is 0. The van der Waals surface area contributed by atoms with E-state index in [9.17, 15) is 0 Å². The second kappa shape index (κ2) is 11.5. The summed E-state index contributed by atoms with van der Waals surface area (Å²) < 4.78 is 4.74. The van der Waals surface area contributed by atoms with E-state index in [0.29, 0.717) is 0 Å². The summed E-state index contributed by atoms with van der Waals surface area (Å²) in [6.07, 6.45) is 0. The summed E-state index contributed by atoms with van der Waals surface area (Å²) in [5, 5.41) is 4.89. The van der Waals surface area contributed by atoms with Gasteiger partial charge < -0.3 is 4.57 Å². The van der Waals surface area contributed by atoms with Crippen LogP contribution in [0.15, 0.2) is 188 Å². The van der Waals surface area contributed by atoms with Crippen molar-refractivity contribution in [2.75, 3.05) is 0 Å². The molecule has 0 aliphatic carbocycles. The van der Waals surface area contributed by atoms with E-state index in [1.165, 1.54) is 43.7 Å². The first-order valence-corrected chi connectivity index (χ1v) is 17.1. The first-order valence-electron chi connectivity index (χ1n) is 17.1. The minimum absolute atomic E-state index is 0.894. The van der Waals surface area contributed by atoms with Crippen molar-refractivity contribution in [3.05, 3.63) is 188 Å². The van der Waals surface area contributed by atoms with Crippen molar-refractivity contribution in [3.63, 3.8) is 0 Å². The van der Waals surface area contributed by atoms with Gasteiger partial charge in [-0.25, -0.2) is 4.98 Å². The fourth-order valence-corrected chi connectivity index (χ4v) is 7.67. The maximum atomic E-state index is 5.39. The number of benzene rings is 7. The van der Waals surface area contributed by atoms with Crippen LogP contribution in [-0.2, 0) is 0 Å². The Balaban J connectivity index is 1.27. The topological polar surface area (TPSA) is 22.8 Å². The molecule has 3 heterocycles. The van der Waals surface area contributed by atoms with Gasteiger partial charge in [-0.2, -0.15) is 0 Å². The van der Waals surface area contributed by atoms with Crippen LogP contribution in [0.3, 0.4) is 0 Å². The van der Waals surface area contributed by atoms with Crippen LogP contribution in [0.4, 0.5) is 0 Å². The molecule has 3 heteroatoms. The lowest BCUT2D eigenvalue weighted by molar-refractivity contribution is 1.08. The van der Waals surface area contributed by atoms with Crippen molar-refractivity contribution in [2.24, 2.45) is 0 Å². The highest BCUT2D eigenvalue weighted by Crippen LogP contribution is 2.41. The highest BCUT2D eigenvalue weighted by Gasteiger charge is 2.20. The molecule has 0 fully saturated rings. The van der Waals surface area contributed by atoms with Crippen LogP contribution >= 0.6 is 0 Å². The summed E-state index contributed by atoms with van der Waals surface area (Å²) in [6, 6.07) is 67.2. The molecule has 10 rings (SSSR count). The Hall–Kier alpha value is -6.71. The van der Waals surface area contributed by atoms with Gasteiger partial charge in [-0.1, -0.05) is 140 Å².